The Kier molecular flexibility index (Phi) is 2.87. The van der Waals surface area contributed by atoms with Gasteiger partial charge in [0.2, 0.25) is 0 Å². The average molecular weight is 226 g/mol. The standard InChI is InChI=1S/C11H12F2N2O/c12-6-11(7-16-4-3-15-11)9-5-8(14)1-2-10(9)13/h1-3,5H,4,6-7,14H2/t11-/m0/s1. The van der Waals surface area contributed by atoms with Gasteiger partial charge in [0.05, 0.1) is 13.2 Å². The molecular weight excluding hydrogens is 214 g/mol. The Labute approximate surface area is 91.9 Å². The lowest BCUT2D eigenvalue weighted by Crippen LogP contribution is -2.37. The monoisotopic (exact) mass is 226 g/mol. The summed E-state index contributed by atoms with van der Waals surface area (Å²) in [5.74, 6) is -0.519. The maximum absolute atomic E-state index is 13.6. The van der Waals surface area contributed by atoms with Gasteiger partial charge in [-0.25, -0.2) is 8.78 Å². The second kappa shape index (κ2) is 4.17. The molecule has 0 amide bonds. The molecule has 0 aromatic heterocycles. The topological polar surface area (TPSA) is 47.6 Å². The largest absolute Gasteiger partial charge is 0.399 e. The van der Waals surface area contributed by atoms with Crippen LogP contribution in [0.1, 0.15) is 5.56 Å². The molecule has 0 bridgehead atoms. The number of anilines is 1. The van der Waals surface area contributed by atoms with Gasteiger partial charge in [-0.05, 0) is 18.2 Å². The Morgan fingerprint density at radius 2 is 2.31 bits per heavy atom. The minimum atomic E-state index is -1.28. The minimum absolute atomic E-state index is 0.0281. The summed E-state index contributed by atoms with van der Waals surface area (Å²) in [6.07, 6.45) is 1.45. The Morgan fingerprint density at radius 1 is 1.50 bits per heavy atom. The zero-order chi connectivity index (χ0) is 11.6. The fourth-order valence-electron chi connectivity index (χ4n) is 1.72. The van der Waals surface area contributed by atoms with Gasteiger partial charge in [-0.1, -0.05) is 0 Å². The molecule has 2 N–H and O–H groups in total. The first-order valence-corrected chi connectivity index (χ1v) is 4.91. The number of rotatable bonds is 2. The van der Waals surface area contributed by atoms with Gasteiger partial charge in [-0.3, -0.25) is 4.99 Å². The maximum Gasteiger partial charge on any atom is 0.140 e. The van der Waals surface area contributed by atoms with Crippen LogP contribution in [0.4, 0.5) is 14.5 Å². The molecule has 1 atom stereocenters. The Morgan fingerprint density at radius 3 is 2.94 bits per heavy atom. The first-order chi connectivity index (χ1) is 7.68. The molecule has 0 spiro atoms. The number of nitrogen functional groups attached to an aromatic ring is 1. The molecule has 1 aromatic rings. The molecule has 2 rings (SSSR count). The van der Waals surface area contributed by atoms with E-state index in [9.17, 15) is 8.78 Å². The summed E-state index contributed by atoms with van der Waals surface area (Å²) in [5, 5.41) is 0. The number of benzene rings is 1. The third kappa shape index (κ3) is 1.78. The van der Waals surface area contributed by atoms with Crippen LogP contribution in [0.3, 0.4) is 0 Å². The van der Waals surface area contributed by atoms with Crippen molar-refractivity contribution >= 4 is 11.9 Å². The zero-order valence-electron chi connectivity index (χ0n) is 8.62. The highest BCUT2D eigenvalue weighted by Crippen LogP contribution is 2.32. The molecule has 1 aromatic carbocycles. The molecule has 5 heteroatoms. The van der Waals surface area contributed by atoms with Gasteiger partial charge >= 0.3 is 0 Å². The van der Waals surface area contributed by atoms with E-state index >= 15 is 0 Å². The van der Waals surface area contributed by atoms with Crippen molar-refractivity contribution in [2.24, 2.45) is 4.99 Å². The highest BCUT2D eigenvalue weighted by Gasteiger charge is 2.36. The number of hydrogen-bond donors (Lipinski definition) is 1. The van der Waals surface area contributed by atoms with E-state index in [4.69, 9.17) is 10.5 Å². The highest BCUT2D eigenvalue weighted by molar-refractivity contribution is 5.61. The van der Waals surface area contributed by atoms with E-state index in [0.717, 1.165) is 0 Å². The molecule has 16 heavy (non-hydrogen) atoms. The summed E-state index contributed by atoms with van der Waals surface area (Å²) in [4.78, 5) is 4.03. The first-order valence-electron chi connectivity index (χ1n) is 4.91. The van der Waals surface area contributed by atoms with E-state index in [-0.39, 0.29) is 12.2 Å². The molecule has 0 unspecified atom stereocenters. The van der Waals surface area contributed by atoms with Crippen LogP contribution in [0.25, 0.3) is 0 Å². The summed E-state index contributed by atoms with van der Waals surface area (Å²) in [5.41, 5.74) is 4.81. The molecule has 0 radical (unpaired) electrons. The molecule has 1 heterocycles. The molecule has 0 fully saturated rings. The van der Waals surface area contributed by atoms with Crippen molar-refractivity contribution in [2.45, 2.75) is 5.54 Å². The van der Waals surface area contributed by atoms with Crippen LogP contribution in [0.5, 0.6) is 0 Å². The lowest BCUT2D eigenvalue weighted by atomic mass is 9.91. The second-order valence-electron chi connectivity index (χ2n) is 3.73. The van der Waals surface area contributed by atoms with Crippen molar-refractivity contribution in [3.8, 4) is 0 Å². The molecule has 0 aliphatic carbocycles. The smallest absolute Gasteiger partial charge is 0.140 e. The predicted molar refractivity (Wildman–Crippen MR) is 57.8 cm³/mol. The van der Waals surface area contributed by atoms with Gasteiger partial charge in [-0.2, -0.15) is 0 Å². The van der Waals surface area contributed by atoms with Gasteiger partial charge < -0.3 is 10.5 Å². The van der Waals surface area contributed by atoms with Crippen LogP contribution in [-0.4, -0.2) is 26.1 Å². The van der Waals surface area contributed by atoms with Crippen molar-refractivity contribution in [3.05, 3.63) is 29.6 Å². The van der Waals surface area contributed by atoms with E-state index in [2.05, 4.69) is 4.99 Å². The van der Waals surface area contributed by atoms with Crippen LogP contribution in [0, 0.1) is 5.82 Å². The Balaban J connectivity index is 2.51. The van der Waals surface area contributed by atoms with Gasteiger partial charge in [0.25, 0.3) is 0 Å². The van der Waals surface area contributed by atoms with Crippen LogP contribution >= 0.6 is 0 Å². The number of aliphatic imine (C=N–C) groups is 1. The van der Waals surface area contributed by atoms with E-state index in [1.54, 1.807) is 0 Å². The number of hydrogen-bond acceptors (Lipinski definition) is 3. The summed E-state index contributed by atoms with van der Waals surface area (Å²) in [6.45, 7) is -0.462. The van der Waals surface area contributed by atoms with Crippen molar-refractivity contribution in [2.75, 3.05) is 25.6 Å². The molecule has 3 nitrogen and oxygen atoms in total. The SMILES string of the molecule is Nc1ccc(F)c([C@]2(CF)COCC=N2)c1. The predicted octanol–water partition coefficient (Wildman–Crippen LogP) is 1.67. The lowest BCUT2D eigenvalue weighted by molar-refractivity contribution is 0.0845. The fourth-order valence-corrected chi connectivity index (χ4v) is 1.72. The number of halogens is 2. The van der Waals surface area contributed by atoms with Gasteiger partial charge in [-0.15, -0.1) is 0 Å². The van der Waals surface area contributed by atoms with Crippen molar-refractivity contribution in [1.82, 2.24) is 0 Å². The normalized spacial score (nSPS) is 24.6. The van der Waals surface area contributed by atoms with E-state index < -0.39 is 18.0 Å². The highest BCUT2D eigenvalue weighted by atomic mass is 19.1. The van der Waals surface area contributed by atoms with Gasteiger partial charge in [0.1, 0.15) is 18.0 Å². The fraction of sp³-hybridized carbons (Fsp3) is 0.364. The Bertz CT molecular complexity index is 422. The van der Waals surface area contributed by atoms with Gasteiger partial charge in [0.15, 0.2) is 0 Å². The van der Waals surface area contributed by atoms with E-state index in [1.165, 1.54) is 24.4 Å². The molecule has 86 valence electrons. The van der Waals surface area contributed by atoms with Crippen LogP contribution in [0.2, 0.25) is 0 Å². The minimum Gasteiger partial charge on any atom is -0.399 e. The molecular formula is C11H12F2N2O. The number of nitrogens with two attached hydrogens (primary N) is 1. The van der Waals surface area contributed by atoms with Crippen molar-refractivity contribution in [1.29, 1.82) is 0 Å². The molecule has 1 aliphatic rings. The van der Waals surface area contributed by atoms with Crippen LogP contribution in [0.15, 0.2) is 23.2 Å². The molecule has 1 aliphatic heterocycles. The maximum atomic E-state index is 13.6. The first kappa shape index (κ1) is 11.0. The second-order valence-corrected chi connectivity index (χ2v) is 3.73. The number of ether oxygens (including phenoxy) is 1. The van der Waals surface area contributed by atoms with Crippen LogP contribution < -0.4 is 5.73 Å². The lowest BCUT2D eigenvalue weighted by Gasteiger charge is -2.30. The molecule has 0 saturated carbocycles. The van der Waals surface area contributed by atoms with Crippen molar-refractivity contribution < 1.29 is 13.5 Å². The van der Waals surface area contributed by atoms with E-state index in [0.29, 0.717) is 12.3 Å². The van der Waals surface area contributed by atoms with Crippen molar-refractivity contribution in [3.63, 3.8) is 0 Å². The van der Waals surface area contributed by atoms with E-state index in [1.807, 2.05) is 0 Å². The third-order valence-corrected chi connectivity index (χ3v) is 2.58. The third-order valence-electron chi connectivity index (χ3n) is 2.58. The summed E-state index contributed by atoms with van der Waals surface area (Å²) < 4.78 is 31.9. The summed E-state index contributed by atoms with van der Waals surface area (Å²) in [7, 11) is 0. The summed E-state index contributed by atoms with van der Waals surface area (Å²) >= 11 is 0. The van der Waals surface area contributed by atoms with Gasteiger partial charge in [0, 0.05) is 17.5 Å². The summed E-state index contributed by atoms with van der Waals surface area (Å²) in [6, 6.07) is 4.05. The molecule has 0 saturated heterocycles. The quantitative estimate of drug-likeness (QED) is 0.780. The zero-order valence-corrected chi connectivity index (χ0v) is 8.62. The average Bonchev–Trinajstić information content (AvgIpc) is 2.33. The van der Waals surface area contributed by atoms with Crippen LogP contribution in [-0.2, 0) is 10.3 Å². The number of alkyl halides is 1. The number of nitrogens with zero attached hydrogens (tertiary/aromatic N) is 1. The Hall–Kier alpha value is -1.49.